The number of nitrogens with one attached hydrogen (secondary N) is 1. The molecule has 2 N–H and O–H groups in total. The second-order valence-corrected chi connectivity index (χ2v) is 5.06. The number of halogens is 2. The minimum absolute atomic E-state index is 0.160. The first-order valence-corrected chi connectivity index (χ1v) is 7.32. The van der Waals surface area contributed by atoms with E-state index in [4.69, 9.17) is 5.11 Å². The van der Waals surface area contributed by atoms with Gasteiger partial charge < -0.3 is 10.4 Å². The number of carboxylic acid groups (broad SMARTS) is 1. The SMILES string of the molecule is CCC(CSC)NC(=O)c1cc(F)c(F)cc1C(=O)O. The quantitative estimate of drug-likeness (QED) is 0.847. The third kappa shape index (κ3) is 3.93. The second-order valence-electron chi connectivity index (χ2n) is 4.15. The van der Waals surface area contributed by atoms with Crippen LogP contribution < -0.4 is 5.32 Å². The molecule has 0 bridgehead atoms. The number of amides is 1. The van der Waals surface area contributed by atoms with E-state index in [1.807, 2.05) is 13.2 Å². The fourth-order valence-corrected chi connectivity index (χ4v) is 2.36. The molecule has 1 amide bonds. The summed E-state index contributed by atoms with van der Waals surface area (Å²) in [5.41, 5.74) is -0.934. The van der Waals surface area contributed by atoms with E-state index < -0.39 is 29.1 Å². The van der Waals surface area contributed by atoms with Crippen molar-refractivity contribution in [3.63, 3.8) is 0 Å². The Bertz CT molecular complexity index is 523. The predicted octanol–water partition coefficient (Wildman–Crippen LogP) is 2.53. The Hall–Kier alpha value is -1.63. The van der Waals surface area contributed by atoms with Crippen molar-refractivity contribution >= 4 is 23.6 Å². The third-order valence-corrected chi connectivity index (χ3v) is 3.47. The van der Waals surface area contributed by atoms with Crippen LogP contribution in [0.2, 0.25) is 0 Å². The van der Waals surface area contributed by atoms with Crippen LogP contribution in [0.3, 0.4) is 0 Å². The maximum atomic E-state index is 13.2. The van der Waals surface area contributed by atoms with Crippen LogP contribution in [0.25, 0.3) is 0 Å². The highest BCUT2D eigenvalue weighted by Crippen LogP contribution is 2.16. The second kappa shape index (κ2) is 7.23. The number of carboxylic acids is 1. The van der Waals surface area contributed by atoms with Gasteiger partial charge in [-0.3, -0.25) is 4.79 Å². The van der Waals surface area contributed by atoms with Gasteiger partial charge in [-0.25, -0.2) is 13.6 Å². The van der Waals surface area contributed by atoms with Crippen molar-refractivity contribution in [3.8, 4) is 0 Å². The van der Waals surface area contributed by atoms with Crippen molar-refractivity contribution in [2.75, 3.05) is 12.0 Å². The molecule has 1 aromatic rings. The smallest absolute Gasteiger partial charge is 0.336 e. The highest BCUT2D eigenvalue weighted by molar-refractivity contribution is 7.98. The average molecular weight is 303 g/mol. The molecule has 0 aliphatic rings. The molecule has 0 fully saturated rings. The minimum Gasteiger partial charge on any atom is -0.478 e. The molecule has 1 aromatic carbocycles. The molecule has 1 unspecified atom stereocenters. The van der Waals surface area contributed by atoms with Crippen molar-refractivity contribution in [2.24, 2.45) is 0 Å². The Morgan fingerprint density at radius 2 is 1.85 bits per heavy atom. The molecule has 0 saturated carbocycles. The first-order valence-electron chi connectivity index (χ1n) is 5.92. The van der Waals surface area contributed by atoms with Crippen molar-refractivity contribution < 1.29 is 23.5 Å². The van der Waals surface area contributed by atoms with E-state index in [9.17, 15) is 18.4 Å². The number of carbonyl (C=O) groups excluding carboxylic acids is 1. The summed E-state index contributed by atoms with van der Waals surface area (Å²) in [5, 5.41) is 11.6. The number of rotatable bonds is 6. The minimum atomic E-state index is -1.48. The number of carbonyl (C=O) groups is 2. The zero-order valence-electron chi connectivity index (χ0n) is 11.1. The van der Waals surface area contributed by atoms with Gasteiger partial charge in [0.1, 0.15) is 0 Å². The van der Waals surface area contributed by atoms with Crippen molar-refractivity contribution in [3.05, 3.63) is 34.9 Å². The summed E-state index contributed by atoms with van der Waals surface area (Å²) in [5.74, 6) is -4.10. The van der Waals surface area contributed by atoms with Crippen molar-refractivity contribution in [2.45, 2.75) is 19.4 Å². The third-order valence-electron chi connectivity index (χ3n) is 2.73. The van der Waals surface area contributed by atoms with E-state index in [1.54, 1.807) is 0 Å². The van der Waals surface area contributed by atoms with Crippen LogP contribution in [0.5, 0.6) is 0 Å². The van der Waals surface area contributed by atoms with Crippen LogP contribution in [-0.2, 0) is 0 Å². The lowest BCUT2D eigenvalue weighted by Gasteiger charge is -2.16. The van der Waals surface area contributed by atoms with Gasteiger partial charge in [0.15, 0.2) is 11.6 Å². The normalized spacial score (nSPS) is 12.0. The summed E-state index contributed by atoms with van der Waals surface area (Å²) in [6.45, 7) is 1.87. The lowest BCUT2D eigenvalue weighted by molar-refractivity contribution is 0.0689. The highest BCUT2D eigenvalue weighted by atomic mass is 32.2. The van der Waals surface area contributed by atoms with Gasteiger partial charge in [0.2, 0.25) is 0 Å². The first kappa shape index (κ1) is 16.4. The van der Waals surface area contributed by atoms with E-state index in [-0.39, 0.29) is 11.6 Å². The molecule has 4 nitrogen and oxygen atoms in total. The molecule has 0 spiro atoms. The number of aromatic carboxylic acids is 1. The van der Waals surface area contributed by atoms with Gasteiger partial charge in [0.05, 0.1) is 11.1 Å². The molecule has 110 valence electrons. The molecule has 0 aliphatic heterocycles. The van der Waals surface area contributed by atoms with Crippen molar-refractivity contribution in [1.29, 1.82) is 0 Å². The van der Waals surface area contributed by atoms with Crippen LogP contribution >= 0.6 is 11.8 Å². The highest BCUT2D eigenvalue weighted by Gasteiger charge is 2.21. The van der Waals surface area contributed by atoms with Gasteiger partial charge in [0.25, 0.3) is 5.91 Å². The van der Waals surface area contributed by atoms with E-state index in [0.29, 0.717) is 24.3 Å². The topological polar surface area (TPSA) is 66.4 Å². The Morgan fingerprint density at radius 3 is 2.30 bits per heavy atom. The van der Waals surface area contributed by atoms with Crippen LogP contribution in [0.15, 0.2) is 12.1 Å². The number of benzene rings is 1. The molecule has 20 heavy (non-hydrogen) atoms. The lowest BCUT2D eigenvalue weighted by atomic mass is 10.1. The Morgan fingerprint density at radius 1 is 1.30 bits per heavy atom. The predicted molar refractivity (Wildman–Crippen MR) is 73.2 cm³/mol. The summed E-state index contributed by atoms with van der Waals surface area (Å²) in [7, 11) is 0. The molecule has 0 saturated heterocycles. The van der Waals surface area contributed by atoms with Crippen LogP contribution in [0, 0.1) is 11.6 Å². The zero-order chi connectivity index (χ0) is 15.3. The monoisotopic (exact) mass is 303 g/mol. The Labute approximate surface area is 119 Å². The van der Waals surface area contributed by atoms with Crippen LogP contribution in [-0.4, -0.2) is 35.0 Å². The van der Waals surface area contributed by atoms with Gasteiger partial charge in [-0.15, -0.1) is 0 Å². The van der Waals surface area contributed by atoms with E-state index in [2.05, 4.69) is 5.32 Å². The van der Waals surface area contributed by atoms with Crippen LogP contribution in [0.4, 0.5) is 8.78 Å². The van der Waals surface area contributed by atoms with E-state index in [1.165, 1.54) is 11.8 Å². The van der Waals surface area contributed by atoms with Crippen molar-refractivity contribution in [1.82, 2.24) is 5.32 Å². The largest absolute Gasteiger partial charge is 0.478 e. The number of hydrogen-bond acceptors (Lipinski definition) is 3. The Balaban J connectivity index is 3.08. The molecule has 0 aliphatic carbocycles. The zero-order valence-corrected chi connectivity index (χ0v) is 11.9. The summed E-state index contributed by atoms with van der Waals surface area (Å²) < 4.78 is 26.3. The van der Waals surface area contributed by atoms with E-state index in [0.717, 1.165) is 0 Å². The van der Waals surface area contributed by atoms with Crippen LogP contribution in [0.1, 0.15) is 34.1 Å². The molecule has 0 radical (unpaired) electrons. The van der Waals surface area contributed by atoms with Gasteiger partial charge in [-0.2, -0.15) is 11.8 Å². The fraction of sp³-hybridized carbons (Fsp3) is 0.385. The van der Waals surface area contributed by atoms with Gasteiger partial charge in [-0.1, -0.05) is 6.92 Å². The number of hydrogen-bond donors (Lipinski definition) is 2. The maximum absolute atomic E-state index is 13.2. The lowest BCUT2D eigenvalue weighted by Crippen LogP contribution is -2.37. The maximum Gasteiger partial charge on any atom is 0.336 e. The molecule has 1 atom stereocenters. The fourth-order valence-electron chi connectivity index (χ4n) is 1.64. The number of thioether (sulfide) groups is 1. The molecular formula is C13H15F2NO3S. The standard InChI is InChI=1S/C13H15F2NO3S/c1-3-7(6-20-2)16-12(17)8-4-10(14)11(15)5-9(8)13(18)19/h4-5,7H,3,6H2,1-2H3,(H,16,17)(H,18,19). The Kier molecular flexibility index (Phi) is 5.94. The summed E-state index contributed by atoms with van der Waals surface area (Å²) in [6.07, 6.45) is 2.52. The molecule has 0 aromatic heterocycles. The molecule has 7 heteroatoms. The van der Waals surface area contributed by atoms with Gasteiger partial charge in [-0.05, 0) is 24.8 Å². The molecule has 0 heterocycles. The molecular weight excluding hydrogens is 288 g/mol. The summed E-state index contributed by atoms with van der Waals surface area (Å²) in [6, 6.07) is 0.967. The first-order chi connectivity index (χ1) is 9.40. The summed E-state index contributed by atoms with van der Waals surface area (Å²) >= 11 is 1.52. The van der Waals surface area contributed by atoms with E-state index >= 15 is 0 Å². The van der Waals surface area contributed by atoms with Gasteiger partial charge >= 0.3 is 5.97 Å². The molecule has 1 rings (SSSR count). The average Bonchev–Trinajstić information content (AvgIpc) is 2.40. The summed E-state index contributed by atoms with van der Waals surface area (Å²) in [4.78, 5) is 23.0. The van der Waals surface area contributed by atoms with Gasteiger partial charge in [0, 0.05) is 11.8 Å².